The molecule has 0 spiro atoms. The summed E-state index contributed by atoms with van der Waals surface area (Å²) in [4.78, 5) is 11.2. The van der Waals surface area contributed by atoms with Crippen molar-refractivity contribution in [2.24, 2.45) is 0 Å². The van der Waals surface area contributed by atoms with Crippen molar-refractivity contribution in [3.8, 4) is 17.0 Å². The molecule has 0 bridgehead atoms. The van der Waals surface area contributed by atoms with Crippen molar-refractivity contribution in [2.45, 2.75) is 45.6 Å². The zero-order chi connectivity index (χ0) is 15.8. The topological polar surface area (TPSA) is 57.0 Å². The minimum Gasteiger partial charge on any atom is -0.497 e. The predicted octanol–water partition coefficient (Wildman–Crippen LogP) is 3.74. The van der Waals surface area contributed by atoms with Crippen LogP contribution in [-0.2, 0) is 6.54 Å². The molecule has 0 aliphatic rings. The second-order valence-electron chi connectivity index (χ2n) is 5.31. The minimum atomic E-state index is 0.377. The van der Waals surface area contributed by atoms with Crippen molar-refractivity contribution in [2.75, 3.05) is 7.11 Å². The summed E-state index contributed by atoms with van der Waals surface area (Å²) in [6, 6.07) is 7.63. The summed E-state index contributed by atoms with van der Waals surface area (Å²) in [5.41, 5.74) is 2.05. The van der Waals surface area contributed by atoms with Gasteiger partial charge in [0.1, 0.15) is 5.75 Å². The third kappa shape index (κ3) is 3.93. The SMILES string of the molecule is CCCCCCCn1nnc(C=O)c1-c1cccc(OC)c1. The molecule has 0 N–H and O–H groups in total. The number of carbonyl (C=O) groups excluding carboxylic acids is 1. The predicted molar refractivity (Wildman–Crippen MR) is 86.2 cm³/mol. The van der Waals surface area contributed by atoms with Crippen LogP contribution >= 0.6 is 0 Å². The third-order valence-electron chi connectivity index (χ3n) is 3.69. The fourth-order valence-corrected chi connectivity index (χ4v) is 2.49. The first-order chi connectivity index (χ1) is 10.8. The number of aromatic nitrogens is 3. The molecular weight excluding hydrogens is 278 g/mol. The van der Waals surface area contributed by atoms with E-state index in [-0.39, 0.29) is 0 Å². The molecule has 0 saturated carbocycles. The van der Waals surface area contributed by atoms with Gasteiger partial charge in [0, 0.05) is 12.1 Å². The average Bonchev–Trinajstić information content (AvgIpc) is 2.97. The standard InChI is InChI=1S/C17H23N3O2/c1-3-4-5-6-7-11-20-17(16(13-21)18-19-20)14-9-8-10-15(12-14)22-2/h8-10,12-13H,3-7,11H2,1-2H3. The molecule has 0 saturated heterocycles. The van der Waals surface area contributed by atoms with E-state index in [9.17, 15) is 4.79 Å². The van der Waals surface area contributed by atoms with Gasteiger partial charge in [-0.3, -0.25) is 4.79 Å². The van der Waals surface area contributed by atoms with E-state index >= 15 is 0 Å². The number of methoxy groups -OCH3 is 1. The number of benzene rings is 1. The summed E-state index contributed by atoms with van der Waals surface area (Å²) in [6.45, 7) is 2.98. The van der Waals surface area contributed by atoms with Crippen molar-refractivity contribution in [3.05, 3.63) is 30.0 Å². The first kappa shape index (κ1) is 16.2. The summed E-state index contributed by atoms with van der Waals surface area (Å²) in [5, 5.41) is 8.12. The number of nitrogens with zero attached hydrogens (tertiary/aromatic N) is 3. The molecule has 1 aromatic heterocycles. The van der Waals surface area contributed by atoms with E-state index in [1.54, 1.807) is 7.11 Å². The van der Waals surface area contributed by atoms with Crippen LogP contribution in [0.2, 0.25) is 0 Å². The Hall–Kier alpha value is -2.17. The Balaban J connectivity index is 2.17. The van der Waals surface area contributed by atoms with Crippen LogP contribution in [0, 0.1) is 0 Å². The molecule has 0 aliphatic heterocycles. The lowest BCUT2D eigenvalue weighted by atomic mass is 10.1. The molecule has 2 rings (SSSR count). The third-order valence-corrected chi connectivity index (χ3v) is 3.69. The largest absolute Gasteiger partial charge is 0.497 e. The molecule has 1 heterocycles. The Morgan fingerprint density at radius 3 is 2.77 bits per heavy atom. The highest BCUT2D eigenvalue weighted by Gasteiger charge is 2.14. The first-order valence-corrected chi connectivity index (χ1v) is 7.83. The van der Waals surface area contributed by atoms with Gasteiger partial charge in [-0.15, -0.1) is 5.10 Å². The van der Waals surface area contributed by atoms with Crippen LogP contribution in [0.1, 0.15) is 49.5 Å². The van der Waals surface area contributed by atoms with Crippen molar-refractivity contribution in [3.63, 3.8) is 0 Å². The van der Waals surface area contributed by atoms with E-state index < -0.39 is 0 Å². The highest BCUT2D eigenvalue weighted by atomic mass is 16.5. The molecule has 5 nitrogen and oxygen atoms in total. The number of rotatable bonds is 9. The number of aryl methyl sites for hydroxylation is 1. The van der Waals surface area contributed by atoms with Crippen molar-refractivity contribution >= 4 is 6.29 Å². The monoisotopic (exact) mass is 301 g/mol. The number of hydrogen-bond donors (Lipinski definition) is 0. The molecular formula is C17H23N3O2. The minimum absolute atomic E-state index is 0.377. The number of carbonyl (C=O) groups is 1. The van der Waals surface area contributed by atoms with Gasteiger partial charge < -0.3 is 4.74 Å². The average molecular weight is 301 g/mol. The molecule has 0 unspecified atom stereocenters. The van der Waals surface area contributed by atoms with Crippen LogP contribution in [0.5, 0.6) is 5.75 Å². The Labute approximate surface area is 131 Å². The summed E-state index contributed by atoms with van der Waals surface area (Å²) in [7, 11) is 1.63. The molecule has 0 aliphatic carbocycles. The van der Waals surface area contributed by atoms with Crippen molar-refractivity contribution in [1.29, 1.82) is 0 Å². The van der Waals surface area contributed by atoms with Crippen LogP contribution in [0.3, 0.4) is 0 Å². The fraction of sp³-hybridized carbons (Fsp3) is 0.471. The first-order valence-electron chi connectivity index (χ1n) is 7.83. The van der Waals surface area contributed by atoms with Crippen LogP contribution in [-0.4, -0.2) is 28.4 Å². The van der Waals surface area contributed by atoms with Gasteiger partial charge in [-0.2, -0.15) is 0 Å². The van der Waals surface area contributed by atoms with Crippen molar-refractivity contribution in [1.82, 2.24) is 15.0 Å². The lowest BCUT2D eigenvalue weighted by Gasteiger charge is -2.08. The number of ether oxygens (including phenoxy) is 1. The number of hydrogen-bond acceptors (Lipinski definition) is 4. The molecule has 0 fully saturated rings. The summed E-state index contributed by atoms with van der Waals surface area (Å²) in [5.74, 6) is 0.755. The Morgan fingerprint density at radius 1 is 1.23 bits per heavy atom. The van der Waals surface area contributed by atoms with Gasteiger partial charge >= 0.3 is 0 Å². The Morgan fingerprint density at radius 2 is 2.05 bits per heavy atom. The van der Waals surface area contributed by atoms with Gasteiger partial charge in [0.05, 0.1) is 12.8 Å². The zero-order valence-electron chi connectivity index (χ0n) is 13.3. The van der Waals surface area contributed by atoms with E-state index in [1.165, 1.54) is 25.7 Å². The molecule has 22 heavy (non-hydrogen) atoms. The summed E-state index contributed by atoms with van der Waals surface area (Å²) < 4.78 is 7.08. The van der Waals surface area contributed by atoms with E-state index in [0.717, 1.165) is 36.3 Å². The van der Waals surface area contributed by atoms with Crippen LogP contribution in [0.4, 0.5) is 0 Å². The Kier molecular flexibility index (Phi) is 6.13. The summed E-state index contributed by atoms with van der Waals surface area (Å²) in [6.07, 6.45) is 6.70. The highest BCUT2D eigenvalue weighted by Crippen LogP contribution is 2.25. The van der Waals surface area contributed by atoms with Gasteiger partial charge in [0.2, 0.25) is 0 Å². The van der Waals surface area contributed by atoms with Crippen molar-refractivity contribution < 1.29 is 9.53 Å². The quantitative estimate of drug-likeness (QED) is 0.523. The van der Waals surface area contributed by atoms with Gasteiger partial charge in [0.25, 0.3) is 0 Å². The lowest BCUT2D eigenvalue weighted by Crippen LogP contribution is -2.03. The second kappa shape index (κ2) is 8.32. The second-order valence-corrected chi connectivity index (χ2v) is 5.31. The van der Waals surface area contributed by atoms with Crippen LogP contribution in [0.25, 0.3) is 11.3 Å². The summed E-state index contributed by atoms with van der Waals surface area (Å²) >= 11 is 0. The molecule has 2 aromatic rings. The maximum atomic E-state index is 11.2. The van der Waals surface area contributed by atoms with Gasteiger partial charge in [0.15, 0.2) is 12.0 Å². The molecule has 0 atom stereocenters. The van der Waals surface area contributed by atoms with Crippen LogP contribution < -0.4 is 4.74 Å². The van der Waals surface area contributed by atoms with Gasteiger partial charge in [-0.05, 0) is 18.6 Å². The molecule has 5 heteroatoms. The van der Waals surface area contributed by atoms with E-state index in [4.69, 9.17) is 4.74 Å². The van der Waals surface area contributed by atoms with E-state index in [2.05, 4.69) is 17.2 Å². The molecule has 0 amide bonds. The fourth-order valence-electron chi connectivity index (χ4n) is 2.49. The number of unbranched alkanes of at least 4 members (excludes halogenated alkanes) is 4. The highest BCUT2D eigenvalue weighted by molar-refractivity contribution is 5.83. The maximum absolute atomic E-state index is 11.2. The maximum Gasteiger partial charge on any atom is 0.172 e. The number of aldehydes is 1. The molecule has 1 aromatic carbocycles. The van der Waals surface area contributed by atoms with E-state index in [0.29, 0.717) is 5.69 Å². The van der Waals surface area contributed by atoms with Gasteiger partial charge in [-0.25, -0.2) is 4.68 Å². The van der Waals surface area contributed by atoms with Crippen LogP contribution in [0.15, 0.2) is 24.3 Å². The normalized spacial score (nSPS) is 10.6. The lowest BCUT2D eigenvalue weighted by molar-refractivity contribution is 0.111. The zero-order valence-corrected chi connectivity index (χ0v) is 13.3. The van der Waals surface area contributed by atoms with E-state index in [1.807, 2.05) is 28.9 Å². The van der Waals surface area contributed by atoms with Gasteiger partial charge in [-0.1, -0.05) is 50.0 Å². The molecule has 118 valence electrons. The molecule has 0 radical (unpaired) electrons. The smallest absolute Gasteiger partial charge is 0.172 e. The Bertz CT molecular complexity index is 608.